The number of hydrogen-bond acceptors (Lipinski definition) is 3. The van der Waals surface area contributed by atoms with Crippen molar-refractivity contribution in [3.8, 4) is 0 Å². The van der Waals surface area contributed by atoms with Gasteiger partial charge in [0.2, 0.25) is 5.28 Å². The van der Waals surface area contributed by atoms with Crippen molar-refractivity contribution in [1.29, 1.82) is 0 Å². The Morgan fingerprint density at radius 1 is 1.28 bits per heavy atom. The Morgan fingerprint density at radius 2 is 1.94 bits per heavy atom. The van der Waals surface area contributed by atoms with Gasteiger partial charge in [-0.25, -0.2) is 4.98 Å². The summed E-state index contributed by atoms with van der Waals surface area (Å²) >= 11 is 12.0. The number of anilines is 1. The second kappa shape index (κ2) is 6.07. The minimum absolute atomic E-state index is 0.253. The van der Waals surface area contributed by atoms with Gasteiger partial charge in [0.25, 0.3) is 0 Å². The normalized spacial score (nSPS) is 24.0. The fourth-order valence-electron chi connectivity index (χ4n) is 2.70. The maximum atomic E-state index is 6.14. The third-order valence-electron chi connectivity index (χ3n) is 3.97. The molecule has 0 bridgehead atoms. The van der Waals surface area contributed by atoms with Crippen LogP contribution in [-0.4, -0.2) is 23.1 Å². The Labute approximate surface area is 119 Å². The smallest absolute Gasteiger partial charge is 0.224 e. The van der Waals surface area contributed by atoms with Crippen LogP contribution in [-0.2, 0) is 0 Å². The molecule has 0 spiro atoms. The highest BCUT2D eigenvalue weighted by molar-refractivity contribution is 6.33. The van der Waals surface area contributed by atoms with Gasteiger partial charge in [-0.15, -0.1) is 0 Å². The molecule has 1 aliphatic carbocycles. The molecule has 0 radical (unpaired) electrons. The summed E-state index contributed by atoms with van der Waals surface area (Å²) in [5.41, 5.74) is 0. The third-order valence-corrected chi connectivity index (χ3v) is 4.42. The largest absolute Gasteiger partial charge is 0.355 e. The van der Waals surface area contributed by atoms with Crippen molar-refractivity contribution < 1.29 is 0 Å². The zero-order valence-corrected chi connectivity index (χ0v) is 12.4. The van der Waals surface area contributed by atoms with E-state index in [1.807, 2.05) is 7.05 Å². The first kappa shape index (κ1) is 13.9. The molecule has 1 aromatic rings. The molecule has 1 fully saturated rings. The van der Waals surface area contributed by atoms with Gasteiger partial charge in [-0.05, 0) is 43.2 Å². The summed E-state index contributed by atoms with van der Waals surface area (Å²) in [6, 6.07) is 0.510. The molecule has 0 aromatic carbocycles. The lowest BCUT2D eigenvalue weighted by molar-refractivity contribution is 0.313. The molecular weight excluding hydrogens is 269 g/mol. The van der Waals surface area contributed by atoms with Gasteiger partial charge in [-0.2, -0.15) is 4.98 Å². The van der Waals surface area contributed by atoms with E-state index in [1.54, 1.807) is 6.20 Å². The average molecular weight is 288 g/mol. The molecule has 2 rings (SSSR count). The molecule has 0 N–H and O–H groups in total. The maximum absolute atomic E-state index is 6.14. The molecule has 5 heteroatoms. The van der Waals surface area contributed by atoms with E-state index in [9.17, 15) is 0 Å². The standard InChI is InChI=1S/C13H19Cl2N3/c1-3-9-4-6-10(7-5-9)18(2)12-11(14)8-16-13(15)17-12/h8-10H,3-7H2,1-2H3. The van der Waals surface area contributed by atoms with Crippen LogP contribution in [0.15, 0.2) is 6.20 Å². The van der Waals surface area contributed by atoms with Crippen LogP contribution in [0.4, 0.5) is 5.82 Å². The van der Waals surface area contributed by atoms with Gasteiger partial charge < -0.3 is 4.90 Å². The van der Waals surface area contributed by atoms with E-state index >= 15 is 0 Å². The van der Waals surface area contributed by atoms with Gasteiger partial charge in [0.05, 0.1) is 6.20 Å². The molecule has 100 valence electrons. The summed E-state index contributed by atoms with van der Waals surface area (Å²) in [7, 11) is 2.04. The van der Waals surface area contributed by atoms with Crippen LogP contribution in [0, 0.1) is 5.92 Å². The van der Waals surface area contributed by atoms with Crippen molar-refractivity contribution in [3.63, 3.8) is 0 Å². The van der Waals surface area contributed by atoms with Crippen molar-refractivity contribution >= 4 is 29.0 Å². The zero-order valence-electron chi connectivity index (χ0n) is 10.9. The molecule has 3 nitrogen and oxygen atoms in total. The highest BCUT2D eigenvalue weighted by atomic mass is 35.5. The Morgan fingerprint density at radius 3 is 2.56 bits per heavy atom. The van der Waals surface area contributed by atoms with Gasteiger partial charge in [-0.1, -0.05) is 24.9 Å². The lowest BCUT2D eigenvalue weighted by atomic mass is 9.84. The predicted octanol–water partition coefficient (Wildman–Crippen LogP) is 4.19. The summed E-state index contributed by atoms with van der Waals surface area (Å²) < 4.78 is 0. The summed E-state index contributed by atoms with van der Waals surface area (Å²) in [6.45, 7) is 2.27. The second-order valence-corrected chi connectivity index (χ2v) is 5.75. The molecule has 1 heterocycles. The van der Waals surface area contributed by atoms with Crippen LogP contribution in [0.1, 0.15) is 39.0 Å². The molecule has 0 saturated heterocycles. The van der Waals surface area contributed by atoms with Gasteiger partial charge >= 0.3 is 0 Å². The minimum atomic E-state index is 0.253. The van der Waals surface area contributed by atoms with E-state index in [2.05, 4.69) is 21.8 Å². The Hall–Kier alpha value is -0.540. The number of hydrogen-bond donors (Lipinski definition) is 0. The van der Waals surface area contributed by atoms with Crippen molar-refractivity contribution in [2.75, 3.05) is 11.9 Å². The summed E-state index contributed by atoms with van der Waals surface area (Å²) in [4.78, 5) is 10.3. The van der Waals surface area contributed by atoms with Crippen LogP contribution in [0.5, 0.6) is 0 Å². The molecule has 0 atom stereocenters. The molecule has 0 unspecified atom stereocenters. The number of aromatic nitrogens is 2. The quantitative estimate of drug-likeness (QED) is 0.781. The minimum Gasteiger partial charge on any atom is -0.355 e. The van der Waals surface area contributed by atoms with Crippen LogP contribution in [0.25, 0.3) is 0 Å². The summed E-state index contributed by atoms with van der Waals surface area (Å²) in [6.07, 6.45) is 7.85. The molecule has 0 amide bonds. The second-order valence-electron chi connectivity index (χ2n) is 5.00. The Balaban J connectivity index is 2.07. The van der Waals surface area contributed by atoms with Crippen LogP contribution < -0.4 is 4.90 Å². The monoisotopic (exact) mass is 287 g/mol. The highest BCUT2D eigenvalue weighted by Gasteiger charge is 2.25. The van der Waals surface area contributed by atoms with Gasteiger partial charge in [0.15, 0.2) is 5.82 Å². The lowest BCUT2D eigenvalue weighted by Crippen LogP contribution is -2.35. The lowest BCUT2D eigenvalue weighted by Gasteiger charge is -2.35. The summed E-state index contributed by atoms with van der Waals surface area (Å²) in [5.74, 6) is 1.63. The van der Waals surface area contributed by atoms with E-state index in [4.69, 9.17) is 23.2 Å². The predicted molar refractivity (Wildman–Crippen MR) is 76.5 cm³/mol. The highest BCUT2D eigenvalue weighted by Crippen LogP contribution is 2.32. The van der Waals surface area contributed by atoms with Gasteiger partial charge in [-0.3, -0.25) is 0 Å². The fraction of sp³-hybridized carbons (Fsp3) is 0.692. The van der Waals surface area contributed by atoms with E-state index in [0.29, 0.717) is 11.1 Å². The van der Waals surface area contributed by atoms with Crippen LogP contribution in [0.2, 0.25) is 10.3 Å². The Kier molecular flexibility index (Phi) is 4.68. The van der Waals surface area contributed by atoms with Crippen molar-refractivity contribution in [2.24, 2.45) is 5.92 Å². The number of rotatable bonds is 3. The van der Waals surface area contributed by atoms with Crippen LogP contribution in [0.3, 0.4) is 0 Å². The molecular formula is C13H19Cl2N3. The number of nitrogens with zero attached hydrogens (tertiary/aromatic N) is 3. The first-order valence-electron chi connectivity index (χ1n) is 6.52. The molecule has 1 saturated carbocycles. The third kappa shape index (κ3) is 3.07. The van der Waals surface area contributed by atoms with Gasteiger partial charge in [0, 0.05) is 13.1 Å². The molecule has 1 aromatic heterocycles. The van der Waals surface area contributed by atoms with Crippen molar-refractivity contribution in [3.05, 3.63) is 16.5 Å². The number of halogens is 2. The zero-order chi connectivity index (χ0) is 13.1. The van der Waals surface area contributed by atoms with Crippen molar-refractivity contribution in [1.82, 2.24) is 9.97 Å². The van der Waals surface area contributed by atoms with E-state index in [0.717, 1.165) is 11.7 Å². The van der Waals surface area contributed by atoms with Gasteiger partial charge in [0.1, 0.15) is 5.02 Å². The van der Waals surface area contributed by atoms with Crippen LogP contribution >= 0.6 is 23.2 Å². The fourth-order valence-corrected chi connectivity index (χ4v) is 3.05. The van der Waals surface area contributed by atoms with E-state index in [-0.39, 0.29) is 5.28 Å². The molecule has 1 aliphatic rings. The molecule has 18 heavy (non-hydrogen) atoms. The Bertz CT molecular complexity index is 403. The van der Waals surface area contributed by atoms with E-state index < -0.39 is 0 Å². The maximum Gasteiger partial charge on any atom is 0.224 e. The first-order chi connectivity index (χ1) is 8.61. The van der Waals surface area contributed by atoms with E-state index in [1.165, 1.54) is 32.1 Å². The summed E-state index contributed by atoms with van der Waals surface area (Å²) in [5, 5.41) is 0.822. The SMILES string of the molecule is CCC1CCC(N(C)c2nc(Cl)ncc2Cl)CC1. The first-order valence-corrected chi connectivity index (χ1v) is 7.28. The topological polar surface area (TPSA) is 29.0 Å². The molecule has 0 aliphatic heterocycles. The average Bonchev–Trinajstić information content (AvgIpc) is 2.41. The van der Waals surface area contributed by atoms with Crippen molar-refractivity contribution in [2.45, 2.75) is 45.1 Å².